The Labute approximate surface area is 207 Å². The minimum atomic E-state index is -6.36. The summed E-state index contributed by atoms with van der Waals surface area (Å²) in [5.41, 5.74) is -4.67. The zero-order chi connectivity index (χ0) is 28.8. The van der Waals surface area contributed by atoms with Crippen molar-refractivity contribution in [1.29, 1.82) is 0 Å². The largest absolute Gasteiger partial charge is 0.435 e. The molecular formula is C23H23F7N2O4S. The predicted molar refractivity (Wildman–Crippen MR) is 122 cm³/mol. The topological polar surface area (TPSA) is 106 Å². The summed E-state index contributed by atoms with van der Waals surface area (Å²) in [4.78, 5) is 25.3. The summed E-state index contributed by atoms with van der Waals surface area (Å²) in [7, 11) is -3.57. The van der Waals surface area contributed by atoms with Crippen molar-refractivity contribution in [3.8, 4) is 0 Å². The maximum atomic E-state index is 14.5. The molecule has 2 aromatic carbocycles. The minimum absolute atomic E-state index is 0.0158. The van der Waals surface area contributed by atoms with Gasteiger partial charge in [-0.25, -0.2) is 12.8 Å². The maximum Gasteiger partial charge on any atom is 0.435 e. The molecule has 0 atom stereocenters. The molecule has 0 aliphatic carbocycles. The number of benzene rings is 2. The highest BCUT2D eigenvalue weighted by atomic mass is 32.2. The highest BCUT2D eigenvalue weighted by Gasteiger charge is 2.73. The fraction of sp³-hybridized carbons (Fsp3) is 0.391. The number of amides is 2. The molecule has 2 amide bonds. The fourth-order valence-corrected chi connectivity index (χ4v) is 5.42. The molecule has 6 nitrogen and oxygen atoms in total. The standard InChI is InChI=1S/C23H23F7N2O4S/c1-12-8-9-13(21(24,22(25,26)27)23(28,29)30)10-16(12)32-19(34)14-6-5-7-15(17(14)18(31)33)20(2,3)11-37(4,35)36/h5-10H,11H2,1-4H3,(H2,31,33)(H,32,34). The number of primary amides is 1. The second-order valence-electron chi connectivity index (χ2n) is 9.18. The molecule has 2 aromatic rings. The van der Waals surface area contributed by atoms with Gasteiger partial charge in [0.2, 0.25) is 5.91 Å². The van der Waals surface area contributed by atoms with Crippen molar-refractivity contribution in [1.82, 2.24) is 0 Å². The molecule has 0 bridgehead atoms. The van der Waals surface area contributed by atoms with Gasteiger partial charge in [-0.15, -0.1) is 0 Å². The van der Waals surface area contributed by atoms with Crippen molar-refractivity contribution in [2.45, 2.75) is 44.2 Å². The van der Waals surface area contributed by atoms with Gasteiger partial charge in [0.05, 0.1) is 16.9 Å². The molecule has 204 valence electrons. The van der Waals surface area contributed by atoms with Crippen LogP contribution in [-0.2, 0) is 20.9 Å². The Morgan fingerprint density at radius 1 is 0.946 bits per heavy atom. The number of carbonyl (C=O) groups excluding carboxylic acids is 2. The first-order valence-corrected chi connectivity index (χ1v) is 12.4. The smallest absolute Gasteiger partial charge is 0.366 e. The Kier molecular flexibility index (Phi) is 7.81. The third-order valence-corrected chi connectivity index (χ3v) is 6.82. The predicted octanol–water partition coefficient (Wildman–Crippen LogP) is 4.96. The quantitative estimate of drug-likeness (QED) is 0.471. The number of hydrogen-bond acceptors (Lipinski definition) is 4. The number of sulfone groups is 1. The molecule has 3 N–H and O–H groups in total. The van der Waals surface area contributed by atoms with Crippen molar-refractivity contribution >= 4 is 27.3 Å². The Morgan fingerprint density at radius 2 is 1.49 bits per heavy atom. The lowest BCUT2D eigenvalue weighted by Gasteiger charge is -2.30. The third kappa shape index (κ3) is 6.05. The Bertz CT molecular complexity index is 1320. The van der Waals surface area contributed by atoms with E-state index in [1.165, 1.54) is 32.9 Å². The first-order chi connectivity index (χ1) is 16.5. The van der Waals surface area contributed by atoms with Crippen LogP contribution in [0.3, 0.4) is 0 Å². The summed E-state index contributed by atoms with van der Waals surface area (Å²) in [6.07, 6.45) is -11.8. The van der Waals surface area contributed by atoms with E-state index in [-0.39, 0.29) is 17.2 Å². The number of hydrogen-bond donors (Lipinski definition) is 2. The first kappa shape index (κ1) is 30.1. The van der Waals surface area contributed by atoms with Gasteiger partial charge in [-0.2, -0.15) is 26.3 Å². The van der Waals surface area contributed by atoms with Crippen LogP contribution in [-0.4, -0.2) is 44.6 Å². The molecule has 37 heavy (non-hydrogen) atoms. The van der Waals surface area contributed by atoms with Crippen LogP contribution in [0.1, 0.15) is 51.3 Å². The van der Waals surface area contributed by atoms with Gasteiger partial charge in [0.25, 0.3) is 5.91 Å². The van der Waals surface area contributed by atoms with Gasteiger partial charge in [0.1, 0.15) is 9.84 Å². The molecule has 0 aromatic heterocycles. The van der Waals surface area contributed by atoms with Crippen molar-refractivity contribution in [2.24, 2.45) is 5.73 Å². The SMILES string of the molecule is Cc1ccc(C(F)(C(F)(F)F)C(F)(F)F)cc1NC(=O)c1cccc(C(C)(C)CS(C)(=O)=O)c1C(N)=O. The van der Waals surface area contributed by atoms with E-state index < -0.39 is 73.2 Å². The molecular weight excluding hydrogens is 533 g/mol. The highest BCUT2D eigenvalue weighted by Crippen LogP contribution is 2.53. The minimum Gasteiger partial charge on any atom is -0.366 e. The number of nitrogens with one attached hydrogen (secondary N) is 1. The number of alkyl halides is 7. The number of nitrogens with two attached hydrogens (primary N) is 1. The van der Waals surface area contributed by atoms with Gasteiger partial charge < -0.3 is 11.1 Å². The third-order valence-electron chi connectivity index (χ3n) is 5.57. The first-order valence-electron chi connectivity index (χ1n) is 10.4. The van der Waals surface area contributed by atoms with Crippen LogP contribution >= 0.6 is 0 Å². The van der Waals surface area contributed by atoms with E-state index in [9.17, 15) is 48.7 Å². The van der Waals surface area contributed by atoms with E-state index in [2.05, 4.69) is 5.32 Å². The number of rotatable bonds is 7. The van der Waals surface area contributed by atoms with E-state index in [1.807, 2.05) is 0 Å². The maximum absolute atomic E-state index is 14.5. The highest BCUT2D eigenvalue weighted by molar-refractivity contribution is 7.90. The van der Waals surface area contributed by atoms with Crippen LogP contribution in [0.4, 0.5) is 36.4 Å². The lowest BCUT2D eigenvalue weighted by atomic mass is 9.81. The summed E-state index contributed by atoms with van der Waals surface area (Å²) >= 11 is 0. The van der Waals surface area contributed by atoms with Gasteiger partial charge in [-0.3, -0.25) is 9.59 Å². The molecule has 0 radical (unpaired) electrons. The van der Waals surface area contributed by atoms with Gasteiger partial charge in [-0.05, 0) is 30.2 Å². The van der Waals surface area contributed by atoms with E-state index in [0.717, 1.165) is 18.4 Å². The van der Waals surface area contributed by atoms with E-state index in [0.29, 0.717) is 6.07 Å². The van der Waals surface area contributed by atoms with Crippen molar-refractivity contribution < 1.29 is 48.7 Å². The Morgan fingerprint density at radius 3 is 1.95 bits per heavy atom. The summed E-state index contributed by atoms with van der Waals surface area (Å²) in [6, 6.07) is 5.03. The Balaban J connectivity index is 2.64. The molecule has 0 fully saturated rings. The zero-order valence-electron chi connectivity index (χ0n) is 19.9. The second-order valence-corrected chi connectivity index (χ2v) is 11.3. The summed E-state index contributed by atoms with van der Waals surface area (Å²) in [5.74, 6) is -2.74. The molecule has 0 saturated carbocycles. The lowest BCUT2D eigenvalue weighted by molar-refractivity contribution is -0.348. The van der Waals surface area contributed by atoms with Crippen molar-refractivity contribution in [3.05, 3.63) is 64.2 Å². The fourth-order valence-electron chi connectivity index (χ4n) is 3.95. The van der Waals surface area contributed by atoms with Crippen molar-refractivity contribution in [3.63, 3.8) is 0 Å². The van der Waals surface area contributed by atoms with Crippen molar-refractivity contribution in [2.75, 3.05) is 17.3 Å². The lowest BCUT2D eigenvalue weighted by Crippen LogP contribution is -2.50. The van der Waals surface area contributed by atoms with Crippen LogP contribution in [0.25, 0.3) is 0 Å². The van der Waals surface area contributed by atoms with E-state index in [1.54, 1.807) is 0 Å². The average molecular weight is 557 g/mol. The van der Waals surface area contributed by atoms with Gasteiger partial charge in [0.15, 0.2) is 0 Å². The normalized spacial score (nSPS) is 13.4. The van der Waals surface area contributed by atoms with E-state index >= 15 is 0 Å². The molecule has 0 aliphatic heterocycles. The van der Waals surface area contributed by atoms with Gasteiger partial charge in [0, 0.05) is 22.9 Å². The molecule has 0 saturated heterocycles. The number of aryl methyl sites for hydroxylation is 1. The van der Waals surface area contributed by atoms with E-state index in [4.69, 9.17) is 5.73 Å². The molecule has 14 heteroatoms. The monoisotopic (exact) mass is 556 g/mol. The Hall–Kier alpha value is -3.16. The van der Waals surface area contributed by atoms with Crippen LogP contribution < -0.4 is 11.1 Å². The number of carbonyl (C=O) groups is 2. The molecule has 0 aliphatic rings. The molecule has 2 rings (SSSR count). The molecule has 0 heterocycles. The van der Waals surface area contributed by atoms with Gasteiger partial charge >= 0.3 is 18.0 Å². The van der Waals surface area contributed by atoms with Crippen LogP contribution in [0.2, 0.25) is 0 Å². The summed E-state index contributed by atoms with van der Waals surface area (Å²) in [6.45, 7) is 4.18. The number of halogens is 7. The second kappa shape index (κ2) is 9.62. The average Bonchev–Trinajstić information content (AvgIpc) is 2.70. The van der Waals surface area contributed by atoms with Crippen LogP contribution in [0.5, 0.6) is 0 Å². The molecule has 0 unspecified atom stereocenters. The molecule has 0 spiro atoms. The van der Waals surface area contributed by atoms with Gasteiger partial charge in [-0.1, -0.05) is 38.1 Å². The van der Waals surface area contributed by atoms with Crippen LogP contribution in [0, 0.1) is 6.92 Å². The van der Waals surface area contributed by atoms with Crippen LogP contribution in [0.15, 0.2) is 36.4 Å². The summed E-state index contributed by atoms with van der Waals surface area (Å²) < 4.78 is 117. The number of anilines is 1. The summed E-state index contributed by atoms with van der Waals surface area (Å²) in [5, 5.41) is 2.10. The zero-order valence-corrected chi connectivity index (χ0v) is 20.8.